The molecule has 2 aromatic rings. The maximum Gasteiger partial charge on any atom is 0.269 e. The fourth-order valence-electron chi connectivity index (χ4n) is 1.86. The second-order valence-electron chi connectivity index (χ2n) is 4.98. The number of anilines is 1. The van der Waals surface area contributed by atoms with E-state index < -0.39 is 16.7 Å². The van der Waals surface area contributed by atoms with E-state index in [1.54, 1.807) is 12.1 Å². The van der Waals surface area contributed by atoms with E-state index in [0.29, 0.717) is 17.0 Å². The van der Waals surface area contributed by atoms with Crippen molar-refractivity contribution in [1.29, 1.82) is 0 Å². The average molecular weight is 374 g/mol. The summed E-state index contributed by atoms with van der Waals surface area (Å²) >= 11 is 5.01. The Hall–Kier alpha value is -3.53. The van der Waals surface area contributed by atoms with Crippen LogP contribution in [0.5, 0.6) is 5.75 Å². The highest BCUT2D eigenvalue weighted by Gasteiger charge is 2.08. The molecule has 9 nitrogen and oxygen atoms in total. The normalized spacial score (nSPS) is 9.85. The summed E-state index contributed by atoms with van der Waals surface area (Å²) in [7, 11) is 0. The lowest BCUT2D eigenvalue weighted by Gasteiger charge is -2.10. The molecule has 0 unspecified atom stereocenters. The molecule has 10 heteroatoms. The fourth-order valence-corrected chi connectivity index (χ4v) is 2.09. The minimum absolute atomic E-state index is 0.0501. The van der Waals surface area contributed by atoms with E-state index in [-0.39, 0.29) is 17.4 Å². The molecule has 0 atom stereocenters. The second-order valence-corrected chi connectivity index (χ2v) is 5.39. The van der Waals surface area contributed by atoms with E-state index >= 15 is 0 Å². The summed E-state index contributed by atoms with van der Waals surface area (Å²) in [5.74, 6) is -0.739. The molecular weight excluding hydrogens is 360 g/mol. The third-order valence-electron chi connectivity index (χ3n) is 3.10. The minimum Gasteiger partial charge on any atom is -0.484 e. The summed E-state index contributed by atoms with van der Waals surface area (Å²) in [4.78, 5) is 32.8. The predicted octanol–water partition coefficient (Wildman–Crippen LogP) is 1.59. The van der Waals surface area contributed by atoms with E-state index in [1.165, 1.54) is 36.4 Å². The summed E-state index contributed by atoms with van der Waals surface area (Å²) in [5, 5.41) is 15.8. The SMILES string of the molecule is NC(=O)c1ccc(NC(=S)NC(=O)COc2ccc([N+](=O)[O-])cc2)cc1. The number of nitrogens with one attached hydrogen (secondary N) is 2. The largest absolute Gasteiger partial charge is 0.484 e. The van der Waals surface area contributed by atoms with Crippen molar-refractivity contribution in [2.75, 3.05) is 11.9 Å². The van der Waals surface area contributed by atoms with Crippen LogP contribution in [0.2, 0.25) is 0 Å². The lowest BCUT2D eigenvalue weighted by Crippen LogP contribution is -2.37. The number of nitrogens with zero attached hydrogens (tertiary/aromatic N) is 1. The van der Waals surface area contributed by atoms with Gasteiger partial charge in [0.15, 0.2) is 11.7 Å². The number of non-ortho nitro benzene ring substituents is 1. The lowest BCUT2D eigenvalue weighted by atomic mass is 10.2. The number of benzene rings is 2. The van der Waals surface area contributed by atoms with Gasteiger partial charge < -0.3 is 15.8 Å². The number of amides is 2. The number of hydrogen-bond donors (Lipinski definition) is 3. The topological polar surface area (TPSA) is 137 Å². The van der Waals surface area contributed by atoms with Crippen LogP contribution in [0.25, 0.3) is 0 Å². The number of carbonyl (C=O) groups is 2. The molecule has 0 saturated carbocycles. The Morgan fingerprint density at radius 3 is 2.27 bits per heavy atom. The second kappa shape index (κ2) is 8.53. The van der Waals surface area contributed by atoms with Crippen LogP contribution in [0.4, 0.5) is 11.4 Å². The zero-order valence-corrected chi connectivity index (χ0v) is 14.1. The van der Waals surface area contributed by atoms with E-state index in [2.05, 4.69) is 10.6 Å². The molecule has 134 valence electrons. The first-order valence-corrected chi connectivity index (χ1v) is 7.64. The predicted molar refractivity (Wildman–Crippen MR) is 97.9 cm³/mol. The monoisotopic (exact) mass is 374 g/mol. The van der Waals surface area contributed by atoms with Crippen molar-refractivity contribution < 1.29 is 19.2 Å². The number of nitrogens with two attached hydrogens (primary N) is 1. The van der Waals surface area contributed by atoms with Gasteiger partial charge in [-0.15, -0.1) is 0 Å². The molecule has 0 fully saturated rings. The number of nitro groups is 1. The van der Waals surface area contributed by atoms with Gasteiger partial charge in [0.05, 0.1) is 4.92 Å². The highest BCUT2D eigenvalue weighted by molar-refractivity contribution is 7.80. The van der Waals surface area contributed by atoms with Crippen LogP contribution in [-0.2, 0) is 4.79 Å². The number of rotatable bonds is 6. The molecule has 0 aliphatic heterocycles. The molecule has 2 rings (SSSR count). The number of nitro benzene ring substituents is 1. The van der Waals surface area contributed by atoms with Gasteiger partial charge in [-0.05, 0) is 48.6 Å². The quantitative estimate of drug-likeness (QED) is 0.397. The first kappa shape index (κ1) is 18.8. The highest BCUT2D eigenvalue weighted by Crippen LogP contribution is 2.17. The van der Waals surface area contributed by atoms with Crippen molar-refractivity contribution in [2.45, 2.75) is 0 Å². The van der Waals surface area contributed by atoms with Crippen molar-refractivity contribution in [2.24, 2.45) is 5.73 Å². The van der Waals surface area contributed by atoms with Gasteiger partial charge in [0.1, 0.15) is 5.75 Å². The van der Waals surface area contributed by atoms with Crippen molar-refractivity contribution in [3.63, 3.8) is 0 Å². The Kier molecular flexibility index (Phi) is 6.17. The van der Waals surface area contributed by atoms with Crippen LogP contribution in [0.1, 0.15) is 10.4 Å². The Balaban J connectivity index is 1.80. The van der Waals surface area contributed by atoms with Crippen LogP contribution >= 0.6 is 12.2 Å². The Bertz CT molecular complexity index is 837. The van der Waals surface area contributed by atoms with Crippen molar-refractivity contribution in [3.05, 3.63) is 64.2 Å². The van der Waals surface area contributed by atoms with Crippen LogP contribution in [0, 0.1) is 10.1 Å². The number of primary amides is 1. The van der Waals surface area contributed by atoms with Gasteiger partial charge in [-0.25, -0.2) is 0 Å². The smallest absolute Gasteiger partial charge is 0.269 e. The molecule has 0 saturated heterocycles. The van der Waals surface area contributed by atoms with Gasteiger partial charge in [0.25, 0.3) is 11.6 Å². The van der Waals surface area contributed by atoms with Gasteiger partial charge in [-0.2, -0.15) is 0 Å². The van der Waals surface area contributed by atoms with E-state index in [1.807, 2.05) is 0 Å². The summed E-state index contributed by atoms with van der Waals surface area (Å²) in [6, 6.07) is 11.5. The van der Waals surface area contributed by atoms with Crippen LogP contribution in [-0.4, -0.2) is 28.5 Å². The molecule has 4 N–H and O–H groups in total. The summed E-state index contributed by atoms with van der Waals surface area (Å²) in [5.41, 5.74) is 5.99. The number of hydrogen-bond acceptors (Lipinski definition) is 6. The average Bonchev–Trinajstić information content (AvgIpc) is 2.60. The zero-order chi connectivity index (χ0) is 19.1. The standard InChI is InChI=1S/C16H14N4O5S/c17-15(22)10-1-3-11(4-2-10)18-16(26)19-14(21)9-25-13-7-5-12(6-8-13)20(23)24/h1-8H,9H2,(H2,17,22)(H2,18,19,21,26). The molecule has 0 aliphatic carbocycles. The first-order valence-electron chi connectivity index (χ1n) is 7.23. The Morgan fingerprint density at radius 1 is 1.12 bits per heavy atom. The summed E-state index contributed by atoms with van der Waals surface area (Å²) < 4.78 is 5.22. The molecular formula is C16H14N4O5S. The van der Waals surface area contributed by atoms with Gasteiger partial charge in [-0.3, -0.25) is 25.0 Å². The van der Waals surface area contributed by atoms with E-state index in [4.69, 9.17) is 22.7 Å². The number of thiocarbonyl (C=S) groups is 1. The molecule has 0 bridgehead atoms. The molecule has 0 aliphatic rings. The van der Waals surface area contributed by atoms with Crippen molar-refractivity contribution in [1.82, 2.24) is 5.32 Å². The molecule has 26 heavy (non-hydrogen) atoms. The third-order valence-corrected chi connectivity index (χ3v) is 3.30. The Labute approximate surface area is 153 Å². The van der Waals surface area contributed by atoms with E-state index in [9.17, 15) is 19.7 Å². The Morgan fingerprint density at radius 2 is 1.73 bits per heavy atom. The first-order chi connectivity index (χ1) is 12.3. The molecule has 0 aromatic heterocycles. The van der Waals surface area contributed by atoms with Crippen LogP contribution in [0.3, 0.4) is 0 Å². The maximum atomic E-state index is 11.8. The highest BCUT2D eigenvalue weighted by atomic mass is 32.1. The maximum absolute atomic E-state index is 11.8. The fraction of sp³-hybridized carbons (Fsp3) is 0.0625. The molecule has 0 heterocycles. The van der Waals surface area contributed by atoms with E-state index in [0.717, 1.165) is 0 Å². The van der Waals surface area contributed by atoms with Gasteiger partial charge >= 0.3 is 0 Å². The van der Waals surface area contributed by atoms with Crippen LogP contribution < -0.4 is 21.1 Å². The number of carbonyl (C=O) groups excluding carboxylic acids is 2. The lowest BCUT2D eigenvalue weighted by molar-refractivity contribution is -0.384. The molecule has 0 radical (unpaired) electrons. The van der Waals surface area contributed by atoms with Crippen molar-refractivity contribution >= 4 is 40.5 Å². The van der Waals surface area contributed by atoms with Gasteiger partial charge in [0.2, 0.25) is 5.91 Å². The van der Waals surface area contributed by atoms with Crippen LogP contribution in [0.15, 0.2) is 48.5 Å². The molecule has 2 amide bonds. The third kappa shape index (κ3) is 5.53. The zero-order valence-electron chi connectivity index (χ0n) is 13.3. The van der Waals surface area contributed by atoms with Crippen molar-refractivity contribution in [3.8, 4) is 5.75 Å². The molecule has 2 aromatic carbocycles. The van der Waals surface area contributed by atoms with Gasteiger partial charge in [0, 0.05) is 23.4 Å². The summed E-state index contributed by atoms with van der Waals surface area (Å²) in [6.07, 6.45) is 0. The van der Waals surface area contributed by atoms with Gasteiger partial charge in [-0.1, -0.05) is 0 Å². The minimum atomic E-state index is -0.546. The number of ether oxygens (including phenoxy) is 1. The molecule has 0 spiro atoms. The summed E-state index contributed by atoms with van der Waals surface area (Å²) in [6.45, 7) is -0.319.